The van der Waals surface area contributed by atoms with E-state index in [2.05, 4.69) is 21.3 Å². The van der Waals surface area contributed by atoms with Gasteiger partial charge in [0.25, 0.3) is 0 Å². The first-order valence-electron chi connectivity index (χ1n) is 15.4. The van der Waals surface area contributed by atoms with Crippen molar-refractivity contribution in [3.05, 3.63) is 95.6 Å². The van der Waals surface area contributed by atoms with Crippen LogP contribution < -0.4 is 21.3 Å². The summed E-state index contributed by atoms with van der Waals surface area (Å²) in [5, 5.41) is 19.3. The van der Waals surface area contributed by atoms with Crippen molar-refractivity contribution in [2.45, 2.75) is 51.0 Å². The van der Waals surface area contributed by atoms with Gasteiger partial charge in [-0.2, -0.15) is 0 Å². The zero-order valence-corrected chi connectivity index (χ0v) is 27.0. The fourth-order valence-electron chi connectivity index (χ4n) is 5.04. The molecule has 2 atom stereocenters. The molecule has 5 N–H and O–H groups in total. The molecule has 0 saturated carbocycles. The number of nitrogens with one attached hydrogen (secondary N) is 4. The van der Waals surface area contributed by atoms with E-state index in [9.17, 15) is 29.1 Å². The molecule has 0 aliphatic heterocycles. The van der Waals surface area contributed by atoms with Crippen molar-refractivity contribution in [3.63, 3.8) is 0 Å². The van der Waals surface area contributed by atoms with Crippen LogP contribution in [0.15, 0.2) is 78.9 Å². The largest absolute Gasteiger partial charge is 0.459 e. The molecule has 3 aromatic carbocycles. The molecule has 0 heterocycles. The molecular weight excluding hydrogens is 620 g/mol. The lowest BCUT2D eigenvalue weighted by Gasteiger charge is -2.23. The van der Waals surface area contributed by atoms with Crippen LogP contribution in [0.25, 0.3) is 11.1 Å². The molecule has 48 heavy (non-hydrogen) atoms. The van der Waals surface area contributed by atoms with Crippen molar-refractivity contribution in [1.82, 2.24) is 21.3 Å². The Labute approximate surface area is 278 Å². The number of rotatable bonds is 13. The van der Waals surface area contributed by atoms with E-state index >= 15 is 0 Å². The Balaban J connectivity index is 1.37. The van der Waals surface area contributed by atoms with Gasteiger partial charge in [-0.15, -0.1) is 0 Å². The van der Waals surface area contributed by atoms with Gasteiger partial charge in [0.1, 0.15) is 31.4 Å². The van der Waals surface area contributed by atoms with Gasteiger partial charge in [0, 0.05) is 5.92 Å². The van der Waals surface area contributed by atoms with E-state index in [-0.39, 0.29) is 19.1 Å². The summed E-state index contributed by atoms with van der Waals surface area (Å²) in [4.78, 5) is 63.4. The number of carbonyl (C=O) groups is 5. The number of aliphatic hydroxyl groups is 1. The first kappa shape index (κ1) is 35.4. The Bertz CT molecular complexity index is 1560. The molecule has 0 unspecified atom stereocenters. The smallest absolute Gasteiger partial charge is 0.408 e. The van der Waals surface area contributed by atoms with Gasteiger partial charge in [0.2, 0.25) is 11.8 Å². The minimum absolute atomic E-state index is 0.0166. The van der Waals surface area contributed by atoms with E-state index in [4.69, 9.17) is 14.2 Å². The number of esters is 1. The summed E-state index contributed by atoms with van der Waals surface area (Å²) in [6, 6.07) is 21.6. The van der Waals surface area contributed by atoms with Gasteiger partial charge in [-0.3, -0.25) is 9.59 Å². The molecule has 0 aromatic heterocycles. The topological polar surface area (TPSA) is 181 Å². The van der Waals surface area contributed by atoms with Crippen LogP contribution >= 0.6 is 0 Å². The number of carbonyl (C=O) groups excluding carboxylic acids is 5. The Morgan fingerprint density at radius 1 is 0.750 bits per heavy atom. The summed E-state index contributed by atoms with van der Waals surface area (Å²) in [6.07, 6.45) is -1.70. The van der Waals surface area contributed by atoms with Crippen LogP contribution in [0.1, 0.15) is 43.4 Å². The fraction of sp³-hybridized carbons (Fsp3) is 0.343. The molecule has 1 aliphatic carbocycles. The monoisotopic (exact) mass is 660 g/mol. The summed E-state index contributed by atoms with van der Waals surface area (Å²) in [5.41, 5.74) is 4.04. The number of fused-ring (bicyclic) bond motifs is 3. The van der Waals surface area contributed by atoms with Crippen molar-refractivity contribution >= 4 is 30.0 Å². The zero-order valence-electron chi connectivity index (χ0n) is 27.0. The molecule has 254 valence electrons. The van der Waals surface area contributed by atoms with Gasteiger partial charge in [0.05, 0.1) is 13.2 Å². The van der Waals surface area contributed by atoms with Gasteiger partial charge < -0.3 is 40.6 Å². The van der Waals surface area contributed by atoms with Crippen molar-refractivity contribution < 1.29 is 43.3 Å². The number of amides is 4. The van der Waals surface area contributed by atoms with Crippen molar-refractivity contribution in [2.75, 3.05) is 26.3 Å². The molecule has 13 nitrogen and oxygen atoms in total. The predicted molar refractivity (Wildman–Crippen MR) is 174 cm³/mol. The quantitative estimate of drug-likeness (QED) is 0.136. The Kier molecular flexibility index (Phi) is 12.1. The average Bonchev–Trinajstić information content (AvgIpc) is 3.39. The standard InChI is InChI=1S/C35H40N4O9/c1-35(2,3)48-34(45)37-18-30(41)38-28(31(42)39-29(19-40)32(43)46-20-22-11-5-4-6-12-22)17-36-33(44)47-21-27-25-15-9-7-13-23(25)24-14-8-10-16-26(24)27/h4-16,27-29,40H,17-21H2,1-3H3,(H,36,44)(H,37,45)(H,38,41)(H,39,42)/t28-,29-/m0/s1. The second kappa shape index (κ2) is 16.4. The molecule has 4 amide bonds. The van der Waals surface area contributed by atoms with Crippen LogP contribution in [0.5, 0.6) is 0 Å². The van der Waals surface area contributed by atoms with Gasteiger partial charge in [-0.05, 0) is 48.6 Å². The summed E-state index contributed by atoms with van der Waals surface area (Å²) in [7, 11) is 0. The molecule has 1 aliphatic rings. The molecular formula is C35H40N4O9. The lowest BCUT2D eigenvalue weighted by molar-refractivity contribution is -0.150. The SMILES string of the molecule is CC(C)(C)OC(=O)NCC(=O)N[C@@H](CNC(=O)OCC1c2ccccc2-c2ccccc21)C(=O)N[C@@H](CO)C(=O)OCc1ccccc1. The van der Waals surface area contributed by atoms with Crippen LogP contribution in [0, 0.1) is 0 Å². The summed E-state index contributed by atoms with van der Waals surface area (Å²) < 4.78 is 15.9. The lowest BCUT2D eigenvalue weighted by atomic mass is 9.98. The highest BCUT2D eigenvalue weighted by Gasteiger charge is 2.31. The Morgan fingerprint density at radius 2 is 1.35 bits per heavy atom. The van der Waals surface area contributed by atoms with E-state index in [1.807, 2.05) is 48.5 Å². The number of benzene rings is 3. The fourth-order valence-corrected chi connectivity index (χ4v) is 5.04. The van der Waals surface area contributed by atoms with Crippen LogP contribution in [0.2, 0.25) is 0 Å². The van der Waals surface area contributed by atoms with Crippen LogP contribution in [-0.2, 0) is 35.2 Å². The highest BCUT2D eigenvalue weighted by molar-refractivity contribution is 5.92. The van der Waals surface area contributed by atoms with Crippen molar-refractivity contribution in [2.24, 2.45) is 0 Å². The summed E-state index contributed by atoms with van der Waals surface area (Å²) in [5.74, 6) is -2.80. The average molecular weight is 661 g/mol. The van der Waals surface area contributed by atoms with Crippen LogP contribution in [0.4, 0.5) is 9.59 Å². The van der Waals surface area contributed by atoms with Gasteiger partial charge in [0.15, 0.2) is 6.04 Å². The molecule has 0 fully saturated rings. The third kappa shape index (κ3) is 10.0. The second-order valence-electron chi connectivity index (χ2n) is 12.0. The van der Waals surface area contributed by atoms with Crippen LogP contribution in [-0.4, -0.2) is 79.1 Å². The van der Waals surface area contributed by atoms with Crippen molar-refractivity contribution in [3.8, 4) is 11.1 Å². The van der Waals surface area contributed by atoms with Gasteiger partial charge in [-0.1, -0.05) is 78.9 Å². The predicted octanol–water partition coefficient (Wildman–Crippen LogP) is 2.76. The summed E-state index contributed by atoms with van der Waals surface area (Å²) in [6.45, 7) is 3.11. The van der Waals surface area contributed by atoms with Gasteiger partial charge >= 0.3 is 18.2 Å². The van der Waals surface area contributed by atoms with E-state index in [1.54, 1.807) is 51.1 Å². The highest BCUT2D eigenvalue weighted by atomic mass is 16.6. The maximum absolute atomic E-state index is 13.3. The second-order valence-corrected chi connectivity index (χ2v) is 12.0. The lowest BCUT2D eigenvalue weighted by Crippen LogP contribution is -2.57. The summed E-state index contributed by atoms with van der Waals surface area (Å²) >= 11 is 0. The first-order chi connectivity index (χ1) is 22.9. The Morgan fingerprint density at radius 3 is 1.96 bits per heavy atom. The van der Waals surface area contributed by atoms with E-state index in [1.165, 1.54) is 0 Å². The van der Waals surface area contributed by atoms with Gasteiger partial charge in [-0.25, -0.2) is 14.4 Å². The third-order valence-corrected chi connectivity index (χ3v) is 7.25. The number of aliphatic hydroxyl groups excluding tert-OH is 1. The molecule has 0 radical (unpaired) electrons. The van der Waals surface area contributed by atoms with E-state index < -0.39 is 67.4 Å². The van der Waals surface area contributed by atoms with E-state index in [0.29, 0.717) is 5.56 Å². The molecule has 13 heteroatoms. The highest BCUT2D eigenvalue weighted by Crippen LogP contribution is 2.44. The number of hydrogen-bond acceptors (Lipinski definition) is 9. The number of alkyl carbamates (subject to hydrolysis) is 2. The molecule has 0 spiro atoms. The zero-order chi connectivity index (χ0) is 34.7. The maximum Gasteiger partial charge on any atom is 0.408 e. The minimum Gasteiger partial charge on any atom is -0.459 e. The minimum atomic E-state index is -1.46. The molecule has 3 aromatic rings. The Hall–Kier alpha value is -5.43. The van der Waals surface area contributed by atoms with Crippen molar-refractivity contribution in [1.29, 1.82) is 0 Å². The molecule has 0 saturated heterocycles. The van der Waals surface area contributed by atoms with Crippen LogP contribution in [0.3, 0.4) is 0 Å². The van der Waals surface area contributed by atoms with E-state index in [0.717, 1.165) is 22.3 Å². The number of ether oxygens (including phenoxy) is 3. The molecule has 4 rings (SSSR count). The third-order valence-electron chi connectivity index (χ3n) is 7.25. The molecule has 0 bridgehead atoms. The maximum atomic E-state index is 13.3. The first-order valence-corrected chi connectivity index (χ1v) is 15.4. The normalized spacial score (nSPS) is 13.2. The number of hydrogen-bond donors (Lipinski definition) is 5.